The molecule has 38 heavy (non-hydrogen) atoms. The molecule has 1 saturated heterocycles. The van der Waals surface area contributed by atoms with E-state index in [1.54, 1.807) is 49.6 Å². The van der Waals surface area contributed by atoms with Crippen LogP contribution in [0.1, 0.15) is 50.4 Å². The van der Waals surface area contributed by atoms with E-state index in [9.17, 15) is 14.7 Å². The molecule has 3 aromatic rings. The van der Waals surface area contributed by atoms with Crippen molar-refractivity contribution in [3.63, 3.8) is 0 Å². The predicted octanol–water partition coefficient (Wildman–Crippen LogP) is 5.89. The van der Waals surface area contributed by atoms with Gasteiger partial charge in [-0.1, -0.05) is 24.3 Å². The number of ether oxygens (including phenoxy) is 3. The van der Waals surface area contributed by atoms with Gasteiger partial charge in [-0.05, 0) is 87.4 Å². The van der Waals surface area contributed by atoms with E-state index in [1.807, 2.05) is 58.0 Å². The highest BCUT2D eigenvalue weighted by atomic mass is 16.5. The molecule has 1 amide bonds. The van der Waals surface area contributed by atoms with Crippen molar-refractivity contribution in [2.75, 3.05) is 7.11 Å². The van der Waals surface area contributed by atoms with Gasteiger partial charge in [0.05, 0.1) is 30.9 Å². The number of aliphatic hydroxyl groups is 1. The van der Waals surface area contributed by atoms with Gasteiger partial charge in [0.25, 0.3) is 11.7 Å². The smallest absolute Gasteiger partial charge is 0.295 e. The quantitative estimate of drug-likeness (QED) is 0.217. The molecule has 0 bridgehead atoms. The highest BCUT2D eigenvalue weighted by Crippen LogP contribution is 2.41. The molecule has 1 aliphatic heterocycles. The van der Waals surface area contributed by atoms with E-state index in [1.165, 1.54) is 4.90 Å². The van der Waals surface area contributed by atoms with Gasteiger partial charge in [0.2, 0.25) is 0 Å². The molecule has 0 saturated carbocycles. The van der Waals surface area contributed by atoms with Crippen LogP contribution in [0.2, 0.25) is 0 Å². The summed E-state index contributed by atoms with van der Waals surface area (Å²) in [6.45, 7) is 7.92. The van der Waals surface area contributed by atoms with Crippen LogP contribution in [0, 0.1) is 0 Å². The van der Waals surface area contributed by atoms with Crippen molar-refractivity contribution in [2.45, 2.75) is 52.5 Å². The summed E-state index contributed by atoms with van der Waals surface area (Å²) in [6, 6.07) is 20.6. The molecule has 0 aliphatic carbocycles. The number of benzene rings is 3. The van der Waals surface area contributed by atoms with Crippen LogP contribution in [0.5, 0.6) is 17.2 Å². The van der Waals surface area contributed by atoms with Crippen molar-refractivity contribution < 1.29 is 28.9 Å². The molecule has 1 atom stereocenters. The fourth-order valence-electron chi connectivity index (χ4n) is 4.46. The number of amides is 1. The minimum atomic E-state index is -0.803. The first-order valence-corrected chi connectivity index (χ1v) is 12.6. The first-order chi connectivity index (χ1) is 18.2. The largest absolute Gasteiger partial charge is 0.507 e. The van der Waals surface area contributed by atoms with Crippen LogP contribution >= 0.6 is 0 Å². The summed E-state index contributed by atoms with van der Waals surface area (Å²) >= 11 is 0. The van der Waals surface area contributed by atoms with E-state index in [4.69, 9.17) is 14.2 Å². The standard InChI is InChI=1S/C31H33NO6/c1-19(2)37-24-13-9-21(10-14-24)18-32-28(23-7-6-8-26(17-23)36-5)27(30(34)31(32)35)29(33)22-11-15-25(16-12-22)38-20(3)4/h6-17,19-20,28,33H,18H2,1-5H3/b29-27-. The maximum atomic E-state index is 13.4. The first kappa shape index (κ1) is 26.8. The molecule has 1 heterocycles. The van der Waals surface area contributed by atoms with Crippen molar-refractivity contribution in [3.05, 3.63) is 95.1 Å². The van der Waals surface area contributed by atoms with Crippen molar-refractivity contribution in [2.24, 2.45) is 0 Å². The summed E-state index contributed by atoms with van der Waals surface area (Å²) in [5, 5.41) is 11.3. The second-order valence-electron chi connectivity index (χ2n) is 9.71. The van der Waals surface area contributed by atoms with Gasteiger partial charge in [0.1, 0.15) is 23.0 Å². The van der Waals surface area contributed by atoms with Crippen LogP contribution in [-0.4, -0.2) is 41.0 Å². The maximum absolute atomic E-state index is 13.4. The monoisotopic (exact) mass is 515 g/mol. The van der Waals surface area contributed by atoms with E-state index in [0.29, 0.717) is 22.6 Å². The fourth-order valence-corrected chi connectivity index (χ4v) is 4.46. The van der Waals surface area contributed by atoms with Crippen LogP contribution in [0.15, 0.2) is 78.4 Å². The average Bonchev–Trinajstić information content (AvgIpc) is 3.14. The number of ketones is 1. The molecule has 7 nitrogen and oxygen atoms in total. The summed E-state index contributed by atoms with van der Waals surface area (Å²) in [6.07, 6.45) is 0.0385. The van der Waals surface area contributed by atoms with Crippen molar-refractivity contribution in [3.8, 4) is 17.2 Å². The number of hydrogen-bond donors (Lipinski definition) is 1. The van der Waals surface area contributed by atoms with Crippen molar-refractivity contribution in [1.29, 1.82) is 0 Å². The number of aliphatic hydroxyl groups excluding tert-OH is 1. The molecule has 1 fully saturated rings. The molecule has 1 N–H and O–H groups in total. The number of carbonyl (C=O) groups is 2. The molecule has 198 valence electrons. The van der Waals surface area contributed by atoms with Gasteiger partial charge in [0, 0.05) is 12.1 Å². The lowest BCUT2D eigenvalue weighted by Gasteiger charge is -2.26. The Balaban J connectivity index is 1.76. The van der Waals surface area contributed by atoms with E-state index >= 15 is 0 Å². The molecular weight excluding hydrogens is 482 g/mol. The molecular formula is C31H33NO6. The Morgan fingerprint density at radius 2 is 1.42 bits per heavy atom. The molecule has 7 heteroatoms. The second-order valence-corrected chi connectivity index (χ2v) is 9.71. The Kier molecular flexibility index (Phi) is 8.05. The van der Waals surface area contributed by atoms with Gasteiger partial charge in [-0.3, -0.25) is 9.59 Å². The summed E-state index contributed by atoms with van der Waals surface area (Å²) < 4.78 is 16.8. The first-order valence-electron chi connectivity index (χ1n) is 12.6. The summed E-state index contributed by atoms with van der Waals surface area (Å²) in [5.74, 6) is 0.291. The van der Waals surface area contributed by atoms with Crippen LogP contribution in [0.3, 0.4) is 0 Å². The topological polar surface area (TPSA) is 85.3 Å². The minimum Gasteiger partial charge on any atom is -0.507 e. The third-order valence-corrected chi connectivity index (χ3v) is 6.10. The van der Waals surface area contributed by atoms with E-state index < -0.39 is 17.7 Å². The number of likely N-dealkylation sites (tertiary alicyclic amines) is 1. The zero-order valence-electron chi connectivity index (χ0n) is 22.3. The highest BCUT2D eigenvalue weighted by Gasteiger charge is 2.46. The van der Waals surface area contributed by atoms with Crippen molar-refractivity contribution >= 4 is 17.4 Å². The number of rotatable bonds is 9. The van der Waals surface area contributed by atoms with Gasteiger partial charge >= 0.3 is 0 Å². The van der Waals surface area contributed by atoms with Crippen LogP contribution in [-0.2, 0) is 16.1 Å². The third-order valence-electron chi connectivity index (χ3n) is 6.10. The number of carbonyl (C=O) groups excluding carboxylic acids is 2. The number of nitrogens with zero attached hydrogens (tertiary/aromatic N) is 1. The second kappa shape index (κ2) is 11.4. The summed E-state index contributed by atoms with van der Waals surface area (Å²) in [4.78, 5) is 28.2. The Morgan fingerprint density at radius 3 is 1.97 bits per heavy atom. The van der Waals surface area contributed by atoms with Gasteiger partial charge in [-0.2, -0.15) is 0 Å². The molecule has 0 radical (unpaired) electrons. The normalized spacial score (nSPS) is 16.8. The molecule has 3 aromatic carbocycles. The average molecular weight is 516 g/mol. The van der Waals surface area contributed by atoms with E-state index in [2.05, 4.69) is 0 Å². The lowest BCUT2D eigenvalue weighted by atomic mass is 9.95. The zero-order chi connectivity index (χ0) is 27.4. The zero-order valence-corrected chi connectivity index (χ0v) is 22.3. The predicted molar refractivity (Wildman–Crippen MR) is 145 cm³/mol. The molecule has 0 aromatic heterocycles. The third kappa shape index (κ3) is 5.83. The number of Topliss-reactive ketones (excluding diaryl/α,β-unsaturated/α-hetero) is 1. The lowest BCUT2D eigenvalue weighted by molar-refractivity contribution is -0.140. The Hall–Kier alpha value is -4.26. The Labute approximate surface area is 223 Å². The molecule has 4 rings (SSSR count). The van der Waals surface area contributed by atoms with Crippen LogP contribution in [0.25, 0.3) is 5.76 Å². The van der Waals surface area contributed by atoms with Gasteiger partial charge in [-0.15, -0.1) is 0 Å². The highest BCUT2D eigenvalue weighted by molar-refractivity contribution is 6.46. The summed E-state index contributed by atoms with van der Waals surface area (Å²) in [5.41, 5.74) is 1.93. The van der Waals surface area contributed by atoms with Crippen molar-refractivity contribution in [1.82, 2.24) is 4.90 Å². The van der Waals surface area contributed by atoms with E-state index in [0.717, 1.165) is 11.3 Å². The lowest BCUT2D eigenvalue weighted by Crippen LogP contribution is -2.29. The minimum absolute atomic E-state index is 0.00108. The Bertz CT molecular complexity index is 1330. The van der Waals surface area contributed by atoms with Gasteiger partial charge in [0.15, 0.2) is 0 Å². The maximum Gasteiger partial charge on any atom is 0.295 e. The number of methoxy groups -OCH3 is 1. The van der Waals surface area contributed by atoms with E-state index in [-0.39, 0.29) is 30.1 Å². The fraction of sp³-hybridized carbons (Fsp3) is 0.290. The SMILES string of the molecule is COc1cccc(C2/C(=C(/O)c3ccc(OC(C)C)cc3)C(=O)C(=O)N2Cc2ccc(OC(C)C)cc2)c1. The van der Waals surface area contributed by atoms with Crippen LogP contribution < -0.4 is 14.2 Å². The van der Waals surface area contributed by atoms with Gasteiger partial charge in [-0.25, -0.2) is 0 Å². The summed E-state index contributed by atoms with van der Waals surface area (Å²) in [7, 11) is 1.55. The Morgan fingerprint density at radius 1 is 0.842 bits per heavy atom. The van der Waals surface area contributed by atoms with Crippen LogP contribution in [0.4, 0.5) is 0 Å². The molecule has 1 aliphatic rings. The molecule has 1 unspecified atom stereocenters. The number of hydrogen-bond acceptors (Lipinski definition) is 6. The molecule has 0 spiro atoms. The van der Waals surface area contributed by atoms with Gasteiger partial charge < -0.3 is 24.2 Å².